The standard InChI is InChI=1S/C40H59N3O6/c1-8-35-28(5)36(46-29(6)44)37(47-30(7)45)39(48-35)49-38-33(34(24-42-38)26(2)3)23-32-14-13-31(22-27(32)4)12-9-10-20-43-21-11-15-40(25-43)16-18-41-19-17-40/h9,12-14,22,26,28,35-37,39,41H,8,10-11,15-21,23-25H2,1-7H3/b12-9+/t28-,35-,36+,37-,39+/m1/s1. The number of aryl methyl sites for hydroxylation is 1. The number of piperidine rings is 2. The molecule has 1 spiro atoms. The average Bonchev–Trinajstić information content (AvgIpc) is 3.45. The van der Waals surface area contributed by atoms with E-state index in [9.17, 15) is 9.59 Å². The van der Waals surface area contributed by atoms with Crippen molar-refractivity contribution in [3.8, 4) is 0 Å². The lowest BCUT2D eigenvalue weighted by Crippen LogP contribution is -2.57. The predicted molar refractivity (Wildman–Crippen MR) is 193 cm³/mol. The number of nitrogens with one attached hydrogen (secondary N) is 1. The molecule has 0 aliphatic carbocycles. The van der Waals surface area contributed by atoms with Crippen LogP contribution in [0.2, 0.25) is 0 Å². The number of hydrogen-bond donors (Lipinski definition) is 1. The van der Waals surface area contributed by atoms with E-state index in [1.165, 1.54) is 88.0 Å². The molecule has 270 valence electrons. The summed E-state index contributed by atoms with van der Waals surface area (Å²) < 4.78 is 24.3. The van der Waals surface area contributed by atoms with E-state index in [0.717, 1.165) is 18.5 Å². The Morgan fingerprint density at radius 1 is 1.12 bits per heavy atom. The van der Waals surface area contributed by atoms with Crippen LogP contribution in [0.5, 0.6) is 0 Å². The summed E-state index contributed by atoms with van der Waals surface area (Å²) in [4.78, 5) is 31.8. The maximum absolute atomic E-state index is 12.2. The number of esters is 2. The molecule has 0 unspecified atom stereocenters. The highest BCUT2D eigenvalue weighted by Gasteiger charge is 2.49. The Hall–Kier alpha value is -3.01. The van der Waals surface area contributed by atoms with E-state index in [0.29, 0.717) is 30.7 Å². The maximum Gasteiger partial charge on any atom is 0.303 e. The zero-order valence-corrected chi connectivity index (χ0v) is 30.9. The first-order chi connectivity index (χ1) is 23.5. The SMILES string of the molecule is CC[C@H]1O[C@@H](OC2=NCC(C(C)C)=C2Cc2ccc(/C=C/CCN3CCCC4(CCNCC4)C3)cc2C)[C@H](OC(C)=O)[C@@H](OC(C)=O)[C@@H]1C. The minimum atomic E-state index is -0.960. The summed E-state index contributed by atoms with van der Waals surface area (Å²) >= 11 is 0. The van der Waals surface area contributed by atoms with E-state index in [1.807, 2.05) is 13.8 Å². The van der Waals surface area contributed by atoms with Crippen LogP contribution >= 0.6 is 0 Å². The van der Waals surface area contributed by atoms with Gasteiger partial charge >= 0.3 is 11.9 Å². The second-order valence-corrected chi connectivity index (χ2v) is 15.0. The largest absolute Gasteiger partial charge is 0.458 e. The fourth-order valence-electron chi connectivity index (χ4n) is 8.26. The molecule has 3 saturated heterocycles. The highest BCUT2D eigenvalue weighted by atomic mass is 16.7. The van der Waals surface area contributed by atoms with Gasteiger partial charge in [0.1, 0.15) is 6.10 Å². The van der Waals surface area contributed by atoms with Crippen molar-refractivity contribution in [1.29, 1.82) is 0 Å². The molecular formula is C40H59N3O6. The van der Waals surface area contributed by atoms with Crippen molar-refractivity contribution in [2.24, 2.45) is 22.2 Å². The second-order valence-electron chi connectivity index (χ2n) is 15.0. The molecule has 4 heterocycles. The van der Waals surface area contributed by atoms with Crippen molar-refractivity contribution in [2.45, 2.75) is 118 Å². The van der Waals surface area contributed by atoms with E-state index in [1.54, 1.807) is 0 Å². The molecule has 3 fully saturated rings. The molecule has 49 heavy (non-hydrogen) atoms. The van der Waals surface area contributed by atoms with Crippen LogP contribution in [0.15, 0.2) is 40.4 Å². The van der Waals surface area contributed by atoms with Gasteiger partial charge in [-0.1, -0.05) is 58.0 Å². The van der Waals surface area contributed by atoms with Crippen LogP contribution in [0.1, 0.15) is 96.8 Å². The van der Waals surface area contributed by atoms with Crippen LogP contribution in [0.3, 0.4) is 0 Å². The van der Waals surface area contributed by atoms with Crippen LogP contribution in [0.4, 0.5) is 0 Å². The van der Waals surface area contributed by atoms with E-state index in [2.05, 4.69) is 61.3 Å². The Kier molecular flexibility index (Phi) is 12.8. The molecular weight excluding hydrogens is 618 g/mol. The van der Waals surface area contributed by atoms with Crippen molar-refractivity contribution < 1.29 is 28.5 Å². The number of carbonyl (C=O) groups excluding carboxylic acids is 2. The zero-order chi connectivity index (χ0) is 35.1. The van der Waals surface area contributed by atoms with Gasteiger partial charge in [0.2, 0.25) is 18.3 Å². The van der Waals surface area contributed by atoms with Gasteiger partial charge in [-0.2, -0.15) is 0 Å². The van der Waals surface area contributed by atoms with Gasteiger partial charge in [0.25, 0.3) is 0 Å². The summed E-state index contributed by atoms with van der Waals surface area (Å²) in [6.07, 6.45) is 9.53. The molecule has 4 aliphatic heterocycles. The number of rotatable bonds is 11. The van der Waals surface area contributed by atoms with Crippen LogP contribution in [-0.4, -0.2) is 86.6 Å². The summed E-state index contributed by atoms with van der Waals surface area (Å²) in [7, 11) is 0. The number of nitrogens with zero attached hydrogens (tertiary/aromatic N) is 2. The molecule has 1 N–H and O–H groups in total. The minimum Gasteiger partial charge on any atom is -0.458 e. The first kappa shape index (κ1) is 37.3. The third-order valence-corrected chi connectivity index (χ3v) is 11.0. The van der Waals surface area contributed by atoms with Crippen LogP contribution in [0.25, 0.3) is 6.08 Å². The van der Waals surface area contributed by atoms with Gasteiger partial charge in [0.15, 0.2) is 0 Å². The predicted octanol–water partition coefficient (Wildman–Crippen LogP) is 6.42. The smallest absolute Gasteiger partial charge is 0.303 e. The first-order valence-corrected chi connectivity index (χ1v) is 18.6. The van der Waals surface area contributed by atoms with Gasteiger partial charge in [0.05, 0.1) is 12.6 Å². The zero-order valence-electron chi connectivity index (χ0n) is 30.9. The van der Waals surface area contributed by atoms with Gasteiger partial charge in [-0.05, 0) is 98.7 Å². The summed E-state index contributed by atoms with van der Waals surface area (Å²) in [6.45, 7) is 19.7. The number of carbonyl (C=O) groups is 2. The molecule has 5 atom stereocenters. The third kappa shape index (κ3) is 9.41. The Morgan fingerprint density at radius 2 is 1.86 bits per heavy atom. The third-order valence-electron chi connectivity index (χ3n) is 11.0. The van der Waals surface area contributed by atoms with Crippen LogP contribution < -0.4 is 5.32 Å². The van der Waals surface area contributed by atoms with Gasteiger partial charge in [0, 0.05) is 44.8 Å². The molecule has 4 aliphatic rings. The number of likely N-dealkylation sites (tertiary alicyclic amines) is 1. The monoisotopic (exact) mass is 677 g/mol. The van der Waals surface area contributed by atoms with Crippen LogP contribution in [-0.2, 0) is 35.0 Å². The maximum atomic E-state index is 12.2. The Morgan fingerprint density at radius 3 is 2.53 bits per heavy atom. The Bertz CT molecular complexity index is 1400. The lowest BCUT2D eigenvalue weighted by Gasteiger charge is -2.45. The van der Waals surface area contributed by atoms with Crippen molar-refractivity contribution >= 4 is 23.9 Å². The van der Waals surface area contributed by atoms with Crippen molar-refractivity contribution in [3.05, 3.63) is 52.1 Å². The van der Waals surface area contributed by atoms with E-state index >= 15 is 0 Å². The van der Waals surface area contributed by atoms with E-state index in [4.69, 9.17) is 23.9 Å². The van der Waals surface area contributed by atoms with E-state index in [-0.39, 0.29) is 17.9 Å². The fourth-order valence-corrected chi connectivity index (χ4v) is 8.26. The number of hydrogen-bond acceptors (Lipinski definition) is 9. The lowest BCUT2D eigenvalue weighted by atomic mass is 9.73. The molecule has 0 radical (unpaired) electrons. The molecule has 1 aromatic rings. The van der Waals surface area contributed by atoms with E-state index < -0.39 is 30.4 Å². The number of ether oxygens (including phenoxy) is 4. The minimum absolute atomic E-state index is 0.184. The number of benzene rings is 1. The summed E-state index contributed by atoms with van der Waals surface area (Å²) in [5.74, 6) is -0.330. The Balaban J connectivity index is 1.25. The molecule has 0 amide bonds. The highest BCUT2D eigenvalue weighted by molar-refractivity contribution is 5.97. The molecule has 0 bridgehead atoms. The molecule has 0 saturated carbocycles. The van der Waals surface area contributed by atoms with Crippen molar-refractivity contribution in [3.63, 3.8) is 0 Å². The van der Waals surface area contributed by atoms with Crippen LogP contribution in [0, 0.1) is 24.2 Å². The van der Waals surface area contributed by atoms with Gasteiger partial charge in [-0.15, -0.1) is 0 Å². The van der Waals surface area contributed by atoms with Gasteiger partial charge in [-0.25, -0.2) is 4.99 Å². The Labute approximate surface area is 293 Å². The quantitative estimate of drug-likeness (QED) is 0.268. The summed E-state index contributed by atoms with van der Waals surface area (Å²) in [6, 6.07) is 6.67. The lowest BCUT2D eigenvalue weighted by molar-refractivity contribution is -0.270. The van der Waals surface area contributed by atoms with Crippen molar-refractivity contribution in [2.75, 3.05) is 39.3 Å². The highest BCUT2D eigenvalue weighted by Crippen LogP contribution is 2.38. The molecule has 1 aromatic carbocycles. The molecule has 9 heteroatoms. The second kappa shape index (κ2) is 16.8. The van der Waals surface area contributed by atoms with Crippen molar-refractivity contribution in [1.82, 2.24) is 10.2 Å². The normalized spacial score (nSPS) is 27.5. The average molecular weight is 678 g/mol. The molecule has 9 nitrogen and oxygen atoms in total. The first-order valence-electron chi connectivity index (χ1n) is 18.6. The summed E-state index contributed by atoms with van der Waals surface area (Å²) in [5.41, 5.74) is 6.43. The summed E-state index contributed by atoms with van der Waals surface area (Å²) in [5, 5.41) is 3.54. The topological polar surface area (TPSA) is 98.7 Å². The molecule has 5 rings (SSSR count). The fraction of sp³-hybridized carbons (Fsp3) is 0.675. The van der Waals surface area contributed by atoms with Gasteiger partial charge < -0.3 is 29.2 Å². The molecule has 0 aromatic heterocycles. The number of aliphatic imine (C=N–C) groups is 1. The van der Waals surface area contributed by atoms with Gasteiger partial charge in [-0.3, -0.25) is 9.59 Å².